The van der Waals surface area contributed by atoms with Gasteiger partial charge in [0.2, 0.25) is 0 Å². The summed E-state index contributed by atoms with van der Waals surface area (Å²) in [6, 6.07) is 3.83. The maximum absolute atomic E-state index is 12.1. The van der Waals surface area contributed by atoms with Crippen LogP contribution in [0.15, 0.2) is 12.1 Å². The van der Waals surface area contributed by atoms with Crippen LogP contribution in [0.1, 0.15) is 29.2 Å². The third-order valence-corrected chi connectivity index (χ3v) is 3.23. The van der Waals surface area contributed by atoms with E-state index in [1.165, 1.54) is 0 Å². The minimum absolute atomic E-state index is 0.0293. The molecule has 0 fully saturated rings. The maximum Gasteiger partial charge on any atom is 0.411 e. The van der Waals surface area contributed by atoms with Crippen LogP contribution >= 0.6 is 0 Å². The summed E-state index contributed by atoms with van der Waals surface area (Å²) >= 11 is 0. The second-order valence-corrected chi connectivity index (χ2v) is 5.00. The van der Waals surface area contributed by atoms with Gasteiger partial charge in [0.15, 0.2) is 0 Å². The lowest BCUT2D eigenvalue weighted by molar-refractivity contribution is -0.174. The highest BCUT2D eigenvalue weighted by atomic mass is 19.4. The molecule has 0 saturated carbocycles. The summed E-state index contributed by atoms with van der Waals surface area (Å²) in [4.78, 5) is 0. The van der Waals surface area contributed by atoms with E-state index in [0.717, 1.165) is 22.4 Å². The highest BCUT2D eigenvalue weighted by molar-refractivity contribution is 5.45. The molecule has 1 unspecified atom stereocenters. The number of ether oxygens (including phenoxy) is 2. The van der Waals surface area contributed by atoms with Crippen LogP contribution in [0.2, 0.25) is 0 Å². The molecule has 1 N–H and O–H groups in total. The molecule has 0 aliphatic heterocycles. The molecule has 0 bridgehead atoms. The quantitative estimate of drug-likeness (QED) is 0.782. The van der Waals surface area contributed by atoms with Gasteiger partial charge in [0, 0.05) is 18.2 Å². The fourth-order valence-electron chi connectivity index (χ4n) is 2.38. The Balaban J connectivity index is 2.76. The van der Waals surface area contributed by atoms with Crippen LogP contribution in [0, 0.1) is 13.8 Å². The molecule has 1 aromatic carbocycles. The first kappa shape index (κ1) is 17.8. The number of rotatable bonds is 7. The van der Waals surface area contributed by atoms with Crippen molar-refractivity contribution in [3.05, 3.63) is 28.8 Å². The molecule has 1 rings (SSSR count). The second-order valence-electron chi connectivity index (χ2n) is 5.00. The Morgan fingerprint density at radius 3 is 2.43 bits per heavy atom. The monoisotopic (exact) mass is 305 g/mol. The van der Waals surface area contributed by atoms with Crippen molar-refractivity contribution in [2.75, 3.05) is 27.4 Å². The van der Waals surface area contributed by atoms with Crippen molar-refractivity contribution in [1.29, 1.82) is 0 Å². The van der Waals surface area contributed by atoms with Crippen molar-refractivity contribution < 1.29 is 22.6 Å². The van der Waals surface area contributed by atoms with Gasteiger partial charge in [0.1, 0.15) is 12.4 Å². The van der Waals surface area contributed by atoms with Crippen molar-refractivity contribution in [1.82, 2.24) is 5.32 Å². The van der Waals surface area contributed by atoms with Gasteiger partial charge >= 0.3 is 6.18 Å². The number of benzene rings is 1. The minimum atomic E-state index is -4.29. The summed E-state index contributed by atoms with van der Waals surface area (Å²) in [5, 5.41) is 3.11. The largest absolute Gasteiger partial charge is 0.496 e. The Labute approximate surface area is 123 Å². The van der Waals surface area contributed by atoms with Gasteiger partial charge in [-0.3, -0.25) is 0 Å². The molecule has 0 spiro atoms. The average molecular weight is 305 g/mol. The van der Waals surface area contributed by atoms with Crippen molar-refractivity contribution in [3.8, 4) is 5.75 Å². The summed E-state index contributed by atoms with van der Waals surface area (Å²) in [7, 11) is 3.36. The van der Waals surface area contributed by atoms with Gasteiger partial charge in [-0.1, -0.05) is 6.07 Å². The molecule has 0 aromatic heterocycles. The maximum atomic E-state index is 12.1. The fraction of sp³-hybridized carbons (Fsp3) is 0.600. The average Bonchev–Trinajstić information content (AvgIpc) is 2.38. The number of aryl methyl sites for hydroxylation is 2. The number of nitrogens with one attached hydrogen (secondary N) is 1. The smallest absolute Gasteiger partial charge is 0.411 e. The third kappa shape index (κ3) is 5.55. The van der Waals surface area contributed by atoms with Crippen molar-refractivity contribution in [2.24, 2.45) is 0 Å². The zero-order chi connectivity index (χ0) is 16.0. The molecule has 0 heterocycles. The summed E-state index contributed by atoms with van der Waals surface area (Å²) in [5.41, 5.74) is 3.08. The lowest BCUT2D eigenvalue weighted by Crippen LogP contribution is -2.22. The summed E-state index contributed by atoms with van der Waals surface area (Å²) in [6.07, 6.45) is -3.85. The van der Waals surface area contributed by atoms with E-state index >= 15 is 0 Å². The molecular weight excluding hydrogens is 283 g/mol. The van der Waals surface area contributed by atoms with E-state index in [1.54, 1.807) is 14.2 Å². The van der Waals surface area contributed by atoms with Crippen LogP contribution in [0.3, 0.4) is 0 Å². The molecule has 1 atom stereocenters. The fourth-order valence-corrected chi connectivity index (χ4v) is 2.38. The summed E-state index contributed by atoms with van der Waals surface area (Å²) in [6.45, 7) is 2.75. The van der Waals surface area contributed by atoms with E-state index in [4.69, 9.17) is 4.74 Å². The van der Waals surface area contributed by atoms with Crippen molar-refractivity contribution in [2.45, 2.75) is 32.5 Å². The van der Waals surface area contributed by atoms with Gasteiger partial charge in [-0.15, -0.1) is 0 Å². The van der Waals surface area contributed by atoms with Gasteiger partial charge in [-0.2, -0.15) is 13.2 Å². The van der Waals surface area contributed by atoms with Crippen LogP contribution < -0.4 is 10.1 Å². The van der Waals surface area contributed by atoms with Gasteiger partial charge in [0.05, 0.1) is 7.11 Å². The minimum Gasteiger partial charge on any atom is -0.496 e. The van der Waals surface area contributed by atoms with E-state index in [0.29, 0.717) is 6.42 Å². The van der Waals surface area contributed by atoms with Crippen LogP contribution in [-0.2, 0) is 4.74 Å². The predicted molar refractivity (Wildman–Crippen MR) is 75.8 cm³/mol. The van der Waals surface area contributed by atoms with E-state index in [1.807, 2.05) is 26.0 Å². The lowest BCUT2D eigenvalue weighted by atomic mass is 9.96. The van der Waals surface area contributed by atoms with E-state index in [9.17, 15) is 13.2 Å². The zero-order valence-corrected chi connectivity index (χ0v) is 12.8. The number of hydrogen-bond acceptors (Lipinski definition) is 3. The first-order valence-electron chi connectivity index (χ1n) is 6.75. The Kier molecular flexibility index (Phi) is 6.48. The molecule has 1 aromatic rings. The predicted octanol–water partition coefficient (Wildman–Crippen LogP) is 3.54. The normalized spacial score (nSPS) is 13.3. The lowest BCUT2D eigenvalue weighted by Gasteiger charge is -2.22. The molecule has 6 heteroatoms. The molecule has 3 nitrogen and oxygen atoms in total. The van der Waals surface area contributed by atoms with Crippen LogP contribution in [0.25, 0.3) is 0 Å². The Hall–Kier alpha value is -1.27. The Morgan fingerprint density at radius 1 is 1.24 bits per heavy atom. The van der Waals surface area contributed by atoms with Crippen molar-refractivity contribution >= 4 is 0 Å². The van der Waals surface area contributed by atoms with Gasteiger partial charge in [-0.25, -0.2) is 0 Å². The number of methoxy groups -OCH3 is 1. The molecule has 0 amide bonds. The van der Waals surface area contributed by atoms with Crippen LogP contribution in [0.5, 0.6) is 5.75 Å². The highest BCUT2D eigenvalue weighted by Crippen LogP contribution is 2.31. The summed E-state index contributed by atoms with van der Waals surface area (Å²) < 4.78 is 46.2. The van der Waals surface area contributed by atoms with Crippen molar-refractivity contribution in [3.63, 3.8) is 0 Å². The van der Waals surface area contributed by atoms with Gasteiger partial charge < -0.3 is 14.8 Å². The standard InChI is InChI=1S/C15H22F3NO2/c1-10-7-11(2)14(13(8-10)20-4)12(19-3)5-6-21-9-15(16,17)18/h7-8,12,19H,5-6,9H2,1-4H3. The number of halogens is 3. The molecule has 0 radical (unpaired) electrons. The Morgan fingerprint density at radius 2 is 1.90 bits per heavy atom. The van der Waals surface area contributed by atoms with Gasteiger partial charge in [-0.05, 0) is 44.5 Å². The Bertz CT molecular complexity index is 461. The highest BCUT2D eigenvalue weighted by Gasteiger charge is 2.27. The van der Waals surface area contributed by atoms with E-state index < -0.39 is 12.8 Å². The second kappa shape index (κ2) is 7.66. The molecule has 0 aliphatic carbocycles. The SMILES string of the molecule is CNC(CCOCC(F)(F)F)c1c(C)cc(C)cc1OC. The molecule has 120 valence electrons. The topological polar surface area (TPSA) is 30.5 Å². The first-order valence-corrected chi connectivity index (χ1v) is 6.75. The van der Waals surface area contributed by atoms with E-state index in [2.05, 4.69) is 10.1 Å². The molecular formula is C15H22F3NO2. The number of alkyl halides is 3. The van der Waals surface area contributed by atoms with Gasteiger partial charge in [0.25, 0.3) is 0 Å². The van der Waals surface area contributed by atoms with Crippen LogP contribution in [0.4, 0.5) is 13.2 Å². The third-order valence-electron chi connectivity index (χ3n) is 3.23. The molecule has 0 aliphatic rings. The van der Waals surface area contributed by atoms with Crippen LogP contribution in [-0.4, -0.2) is 33.5 Å². The molecule has 0 saturated heterocycles. The zero-order valence-electron chi connectivity index (χ0n) is 12.8. The molecule has 21 heavy (non-hydrogen) atoms. The summed E-state index contributed by atoms with van der Waals surface area (Å²) in [5.74, 6) is 0.739. The van der Waals surface area contributed by atoms with E-state index in [-0.39, 0.29) is 12.6 Å². The first-order chi connectivity index (χ1) is 9.78. The number of hydrogen-bond donors (Lipinski definition) is 1.